The van der Waals surface area contributed by atoms with Gasteiger partial charge in [0.25, 0.3) is 0 Å². The third kappa shape index (κ3) is 3.46. The number of hydrogen-bond acceptors (Lipinski definition) is 4. The molecule has 0 bridgehead atoms. The summed E-state index contributed by atoms with van der Waals surface area (Å²) in [6.45, 7) is 5.00. The van der Waals surface area contributed by atoms with Crippen LogP contribution in [0, 0.1) is 6.92 Å². The van der Waals surface area contributed by atoms with Crippen LogP contribution in [-0.2, 0) is 4.74 Å². The fourth-order valence-corrected chi connectivity index (χ4v) is 2.94. The van der Waals surface area contributed by atoms with E-state index in [2.05, 4.69) is 22.0 Å². The average Bonchev–Trinajstić information content (AvgIpc) is 3.00. The molecule has 0 saturated carbocycles. The van der Waals surface area contributed by atoms with Crippen LogP contribution < -0.4 is 16.0 Å². The lowest BCUT2D eigenvalue weighted by atomic mass is 10.1. The summed E-state index contributed by atoms with van der Waals surface area (Å²) in [5, 5.41) is 8.77. The lowest BCUT2D eigenvalue weighted by molar-refractivity contribution is 0.128. The second-order valence-electron chi connectivity index (χ2n) is 6.02. The Balaban J connectivity index is 1.62. The Morgan fingerprint density at radius 2 is 2.04 bits per heavy atom. The number of nitrogens with zero attached hydrogens (tertiary/aromatic N) is 1. The number of carbonyl (C=O) groups excluding carboxylic acids is 2. The Kier molecular flexibility index (Phi) is 4.49. The van der Waals surface area contributed by atoms with Crippen LogP contribution in [0.1, 0.15) is 30.5 Å². The molecule has 1 aromatic rings. The molecule has 3 rings (SSSR count). The third-order valence-corrected chi connectivity index (χ3v) is 4.20. The number of nitrogens with one attached hydrogen (secondary N) is 3. The van der Waals surface area contributed by atoms with Crippen molar-refractivity contribution in [3.05, 3.63) is 35.4 Å². The standard InChI is InChI=1S/C16H22N4O3/c1-10-4-3-5-12(8-10)11(2)17-14-18-15(21)20(16(22)19-14)13-6-7-23-9-13/h3-5,8,11,13-14,17H,6-7,9H2,1-2H3,(H,18,21)(H,19,22)/t11-,13?/m0/s1. The maximum atomic E-state index is 12.2. The first-order valence-electron chi connectivity index (χ1n) is 7.85. The van der Waals surface area contributed by atoms with Crippen LogP contribution >= 0.6 is 0 Å². The molecule has 2 saturated heterocycles. The van der Waals surface area contributed by atoms with Crippen LogP contribution in [-0.4, -0.2) is 42.5 Å². The van der Waals surface area contributed by atoms with Gasteiger partial charge < -0.3 is 15.4 Å². The zero-order valence-corrected chi connectivity index (χ0v) is 13.3. The van der Waals surface area contributed by atoms with E-state index >= 15 is 0 Å². The van der Waals surface area contributed by atoms with E-state index in [1.165, 1.54) is 10.5 Å². The molecule has 0 aromatic heterocycles. The number of carbonyl (C=O) groups is 2. The molecule has 2 atom stereocenters. The Labute approximate surface area is 135 Å². The molecule has 2 aliphatic heterocycles. The zero-order valence-electron chi connectivity index (χ0n) is 13.3. The molecule has 2 heterocycles. The fraction of sp³-hybridized carbons (Fsp3) is 0.500. The van der Waals surface area contributed by atoms with Gasteiger partial charge in [-0.2, -0.15) is 0 Å². The molecular formula is C16H22N4O3. The van der Waals surface area contributed by atoms with Gasteiger partial charge in [0.1, 0.15) is 0 Å². The summed E-state index contributed by atoms with van der Waals surface area (Å²) in [4.78, 5) is 25.7. The monoisotopic (exact) mass is 318 g/mol. The van der Waals surface area contributed by atoms with Crippen molar-refractivity contribution < 1.29 is 14.3 Å². The van der Waals surface area contributed by atoms with Gasteiger partial charge in [0.05, 0.1) is 12.6 Å². The highest BCUT2D eigenvalue weighted by Crippen LogP contribution is 2.17. The summed E-state index contributed by atoms with van der Waals surface area (Å²) in [6, 6.07) is 7.12. The van der Waals surface area contributed by atoms with Crippen LogP contribution in [0.25, 0.3) is 0 Å². The Hall–Kier alpha value is -2.12. The largest absolute Gasteiger partial charge is 0.379 e. The van der Waals surface area contributed by atoms with Crippen molar-refractivity contribution in [3.8, 4) is 0 Å². The number of benzene rings is 1. The maximum Gasteiger partial charge on any atom is 0.328 e. The highest BCUT2D eigenvalue weighted by atomic mass is 16.5. The van der Waals surface area contributed by atoms with Crippen LogP contribution in [0.3, 0.4) is 0 Å². The van der Waals surface area contributed by atoms with Crippen LogP contribution in [0.15, 0.2) is 24.3 Å². The highest BCUT2D eigenvalue weighted by molar-refractivity contribution is 5.96. The van der Waals surface area contributed by atoms with E-state index in [0.717, 1.165) is 5.56 Å². The molecular weight excluding hydrogens is 296 g/mol. The molecule has 7 heteroatoms. The number of amides is 4. The molecule has 1 aromatic carbocycles. The summed E-state index contributed by atoms with van der Waals surface area (Å²) in [5.74, 6) is 0. The van der Waals surface area contributed by atoms with Gasteiger partial charge >= 0.3 is 12.1 Å². The lowest BCUT2D eigenvalue weighted by Gasteiger charge is -2.36. The minimum atomic E-state index is -0.593. The number of urea groups is 2. The quantitative estimate of drug-likeness (QED) is 0.785. The first-order chi connectivity index (χ1) is 11.0. The topological polar surface area (TPSA) is 82.7 Å². The molecule has 0 aliphatic carbocycles. The molecule has 0 spiro atoms. The van der Waals surface area contributed by atoms with Crippen molar-refractivity contribution in [1.82, 2.24) is 20.9 Å². The smallest absolute Gasteiger partial charge is 0.328 e. The zero-order chi connectivity index (χ0) is 16.4. The lowest BCUT2D eigenvalue weighted by Crippen LogP contribution is -2.69. The predicted octanol–water partition coefficient (Wildman–Crippen LogP) is 1.45. The van der Waals surface area contributed by atoms with Crippen molar-refractivity contribution in [2.75, 3.05) is 13.2 Å². The number of imide groups is 1. The third-order valence-electron chi connectivity index (χ3n) is 4.20. The minimum absolute atomic E-state index is 0.0122. The van der Waals surface area contributed by atoms with Crippen molar-refractivity contribution in [2.24, 2.45) is 0 Å². The van der Waals surface area contributed by atoms with E-state index in [1.54, 1.807) is 0 Å². The molecule has 2 aliphatic rings. The van der Waals surface area contributed by atoms with E-state index in [9.17, 15) is 9.59 Å². The normalized spacial score (nSPS) is 23.6. The van der Waals surface area contributed by atoms with Gasteiger partial charge in [-0.15, -0.1) is 0 Å². The average molecular weight is 318 g/mol. The Morgan fingerprint density at radius 3 is 2.65 bits per heavy atom. The second-order valence-corrected chi connectivity index (χ2v) is 6.02. The van der Waals surface area contributed by atoms with Gasteiger partial charge in [0, 0.05) is 12.6 Å². The predicted molar refractivity (Wildman–Crippen MR) is 84.6 cm³/mol. The SMILES string of the molecule is Cc1cccc([C@H](C)NC2NC(=O)N(C3CCOC3)C(=O)N2)c1. The van der Waals surface area contributed by atoms with Gasteiger partial charge in [-0.1, -0.05) is 29.8 Å². The van der Waals surface area contributed by atoms with E-state index in [1.807, 2.05) is 32.0 Å². The van der Waals surface area contributed by atoms with Crippen LogP contribution in [0.4, 0.5) is 9.59 Å². The number of aryl methyl sites for hydroxylation is 1. The first kappa shape index (κ1) is 15.8. The summed E-state index contributed by atoms with van der Waals surface area (Å²) >= 11 is 0. The summed E-state index contributed by atoms with van der Waals surface area (Å²) in [7, 11) is 0. The Morgan fingerprint density at radius 1 is 1.30 bits per heavy atom. The maximum absolute atomic E-state index is 12.2. The molecule has 4 amide bonds. The number of hydrogen-bond donors (Lipinski definition) is 3. The molecule has 3 N–H and O–H groups in total. The summed E-state index contributed by atoms with van der Waals surface area (Å²) in [5.41, 5.74) is 2.26. The molecule has 0 radical (unpaired) electrons. The number of ether oxygens (including phenoxy) is 1. The number of rotatable bonds is 4. The van der Waals surface area contributed by atoms with E-state index in [-0.39, 0.29) is 12.1 Å². The van der Waals surface area contributed by atoms with Crippen molar-refractivity contribution in [3.63, 3.8) is 0 Å². The van der Waals surface area contributed by atoms with E-state index in [4.69, 9.17) is 4.74 Å². The fourth-order valence-electron chi connectivity index (χ4n) is 2.94. The van der Waals surface area contributed by atoms with E-state index < -0.39 is 18.4 Å². The second kappa shape index (κ2) is 6.55. The van der Waals surface area contributed by atoms with Gasteiger partial charge in [-0.25, -0.2) is 14.5 Å². The summed E-state index contributed by atoms with van der Waals surface area (Å²) < 4.78 is 5.25. The van der Waals surface area contributed by atoms with Crippen molar-refractivity contribution in [2.45, 2.75) is 38.6 Å². The van der Waals surface area contributed by atoms with Crippen molar-refractivity contribution in [1.29, 1.82) is 0 Å². The molecule has 7 nitrogen and oxygen atoms in total. The van der Waals surface area contributed by atoms with Crippen molar-refractivity contribution >= 4 is 12.1 Å². The molecule has 2 fully saturated rings. The van der Waals surface area contributed by atoms with Crippen LogP contribution in [0.2, 0.25) is 0 Å². The minimum Gasteiger partial charge on any atom is -0.379 e. The highest BCUT2D eigenvalue weighted by Gasteiger charge is 2.38. The molecule has 1 unspecified atom stereocenters. The van der Waals surface area contributed by atoms with E-state index in [0.29, 0.717) is 19.6 Å². The van der Waals surface area contributed by atoms with Gasteiger partial charge in [0.2, 0.25) is 0 Å². The molecule has 124 valence electrons. The van der Waals surface area contributed by atoms with Crippen LogP contribution in [0.5, 0.6) is 0 Å². The van der Waals surface area contributed by atoms with Gasteiger partial charge in [0.15, 0.2) is 6.29 Å². The Bertz CT molecular complexity index is 583. The van der Waals surface area contributed by atoms with Gasteiger partial charge in [-0.3, -0.25) is 5.32 Å². The summed E-state index contributed by atoms with van der Waals surface area (Å²) in [6.07, 6.45) is 0.0858. The molecule has 23 heavy (non-hydrogen) atoms. The first-order valence-corrected chi connectivity index (χ1v) is 7.85. The van der Waals surface area contributed by atoms with Gasteiger partial charge in [-0.05, 0) is 25.8 Å².